The zero-order valence-corrected chi connectivity index (χ0v) is 13.4. The Morgan fingerprint density at radius 2 is 1.89 bits per heavy atom. The summed E-state index contributed by atoms with van der Waals surface area (Å²) in [4.78, 5) is 22.1. The van der Waals surface area contributed by atoms with Crippen LogP contribution in [0.25, 0.3) is 0 Å². The maximum absolute atomic E-state index is 11.5. The average molecular weight is 274 g/mol. The monoisotopic (exact) mass is 274 g/mol. The van der Waals surface area contributed by atoms with Crippen LogP contribution in [0.5, 0.6) is 0 Å². The fraction of sp³-hybridized carbons (Fsp3) is 0.846. The van der Waals surface area contributed by atoms with Gasteiger partial charge in [0.15, 0.2) is 8.32 Å². The molecule has 4 nitrogen and oxygen atoms in total. The first kappa shape index (κ1) is 17.3. The number of carbonyl (C=O) groups excluding carboxylic acids is 2. The first-order chi connectivity index (χ1) is 8.14. The molecule has 0 saturated heterocycles. The van der Waals surface area contributed by atoms with Crippen molar-refractivity contribution in [3.05, 3.63) is 0 Å². The van der Waals surface area contributed by atoms with Crippen molar-refractivity contribution in [3.63, 3.8) is 0 Å². The van der Waals surface area contributed by atoms with E-state index < -0.39 is 8.32 Å². The Balaban J connectivity index is 4.62. The summed E-state index contributed by atoms with van der Waals surface area (Å²) in [6, 6.07) is 0. The zero-order chi connectivity index (χ0) is 14.4. The first-order valence-electron chi connectivity index (χ1n) is 6.41. The lowest BCUT2D eigenvalue weighted by Crippen LogP contribution is -2.44. The molecule has 0 aromatic carbocycles. The van der Waals surface area contributed by atoms with Gasteiger partial charge in [-0.05, 0) is 25.1 Å². The lowest BCUT2D eigenvalue weighted by molar-refractivity contribution is -0.145. The second kappa shape index (κ2) is 7.04. The molecule has 5 heteroatoms. The maximum Gasteiger partial charge on any atom is 0.308 e. The van der Waals surface area contributed by atoms with Crippen molar-refractivity contribution in [1.82, 2.24) is 0 Å². The van der Waals surface area contributed by atoms with Gasteiger partial charge in [0.2, 0.25) is 0 Å². The molecular formula is C13H26O4Si. The van der Waals surface area contributed by atoms with E-state index in [1.165, 1.54) is 0 Å². The quantitative estimate of drug-likeness (QED) is 0.407. The SMILES string of the molecule is CCOC(=O)C[C@H](CC=O)O[Si](C)(C)C(C)(C)C. The van der Waals surface area contributed by atoms with Crippen molar-refractivity contribution in [3.8, 4) is 0 Å². The third-order valence-corrected chi connectivity index (χ3v) is 7.86. The minimum Gasteiger partial charge on any atom is -0.466 e. The van der Waals surface area contributed by atoms with Gasteiger partial charge in [-0.15, -0.1) is 0 Å². The molecule has 0 aliphatic carbocycles. The van der Waals surface area contributed by atoms with Crippen LogP contribution < -0.4 is 0 Å². The van der Waals surface area contributed by atoms with Gasteiger partial charge in [-0.1, -0.05) is 20.8 Å². The number of hydrogen-bond donors (Lipinski definition) is 0. The number of rotatable bonds is 7. The minimum absolute atomic E-state index is 0.0583. The molecule has 0 aromatic heterocycles. The lowest BCUT2D eigenvalue weighted by Gasteiger charge is -2.38. The normalized spacial score (nSPS) is 14.1. The predicted octanol–water partition coefficient (Wildman–Crippen LogP) is 2.92. The topological polar surface area (TPSA) is 52.6 Å². The van der Waals surface area contributed by atoms with Crippen molar-refractivity contribution >= 4 is 20.6 Å². The van der Waals surface area contributed by atoms with E-state index in [0.717, 1.165) is 6.29 Å². The van der Waals surface area contributed by atoms with E-state index in [9.17, 15) is 9.59 Å². The Labute approximate surface area is 111 Å². The molecule has 0 fully saturated rings. The summed E-state index contributed by atoms with van der Waals surface area (Å²) in [7, 11) is -1.96. The summed E-state index contributed by atoms with van der Waals surface area (Å²) in [5.74, 6) is -0.303. The number of hydrogen-bond acceptors (Lipinski definition) is 4. The smallest absolute Gasteiger partial charge is 0.308 e. The van der Waals surface area contributed by atoms with Gasteiger partial charge in [0, 0.05) is 6.42 Å². The van der Waals surface area contributed by atoms with Crippen molar-refractivity contribution < 1.29 is 18.8 Å². The summed E-state index contributed by atoms with van der Waals surface area (Å²) in [5, 5.41) is 0.0583. The molecule has 0 aromatic rings. The van der Waals surface area contributed by atoms with Crippen LogP contribution in [0.3, 0.4) is 0 Å². The van der Waals surface area contributed by atoms with E-state index in [-0.39, 0.29) is 30.0 Å². The van der Waals surface area contributed by atoms with Crippen LogP contribution >= 0.6 is 0 Å². The molecule has 0 bridgehead atoms. The molecule has 0 saturated carbocycles. The average Bonchev–Trinajstić information content (AvgIpc) is 2.15. The molecule has 0 rings (SSSR count). The Morgan fingerprint density at radius 3 is 2.28 bits per heavy atom. The highest BCUT2D eigenvalue weighted by Gasteiger charge is 2.39. The van der Waals surface area contributed by atoms with Crippen LogP contribution in [0.1, 0.15) is 40.5 Å². The van der Waals surface area contributed by atoms with Crippen molar-refractivity contribution in [2.75, 3.05) is 6.61 Å². The van der Waals surface area contributed by atoms with Gasteiger partial charge in [-0.3, -0.25) is 4.79 Å². The van der Waals surface area contributed by atoms with E-state index in [2.05, 4.69) is 33.9 Å². The van der Waals surface area contributed by atoms with Gasteiger partial charge in [0.1, 0.15) is 6.29 Å². The number of esters is 1. The predicted molar refractivity (Wildman–Crippen MR) is 74.0 cm³/mol. The maximum atomic E-state index is 11.5. The molecule has 0 unspecified atom stereocenters. The van der Waals surface area contributed by atoms with Crippen molar-refractivity contribution in [2.45, 2.75) is 64.8 Å². The standard InChI is InChI=1S/C13H26O4Si/c1-7-16-12(15)10-11(8-9-14)17-18(5,6)13(2,3)4/h9,11H,7-8,10H2,1-6H3/t11-/m0/s1. The number of carbonyl (C=O) groups is 2. The highest BCUT2D eigenvalue weighted by atomic mass is 28.4. The third-order valence-electron chi connectivity index (χ3n) is 3.33. The van der Waals surface area contributed by atoms with Crippen LogP contribution in [0, 0.1) is 0 Å². The largest absolute Gasteiger partial charge is 0.466 e. The molecule has 18 heavy (non-hydrogen) atoms. The summed E-state index contributed by atoms with van der Waals surface area (Å²) >= 11 is 0. The number of ether oxygens (including phenoxy) is 1. The fourth-order valence-corrected chi connectivity index (χ4v) is 2.65. The van der Waals surface area contributed by atoms with Gasteiger partial charge in [-0.2, -0.15) is 0 Å². The van der Waals surface area contributed by atoms with Gasteiger partial charge in [-0.25, -0.2) is 0 Å². The van der Waals surface area contributed by atoms with Crippen LogP contribution in [0.2, 0.25) is 18.1 Å². The van der Waals surface area contributed by atoms with E-state index in [0.29, 0.717) is 6.61 Å². The number of aldehydes is 1. The second-order valence-corrected chi connectivity index (χ2v) is 10.7. The summed E-state index contributed by atoms with van der Waals surface area (Å²) < 4.78 is 11.0. The van der Waals surface area contributed by atoms with E-state index >= 15 is 0 Å². The summed E-state index contributed by atoms with van der Waals surface area (Å²) in [6.45, 7) is 12.7. The van der Waals surface area contributed by atoms with Gasteiger partial charge < -0.3 is 14.0 Å². The Morgan fingerprint density at radius 1 is 1.33 bits per heavy atom. The van der Waals surface area contributed by atoms with Crippen LogP contribution in [-0.4, -0.2) is 33.3 Å². The van der Waals surface area contributed by atoms with Crippen LogP contribution in [-0.2, 0) is 18.8 Å². The molecule has 0 aliphatic heterocycles. The van der Waals surface area contributed by atoms with Crippen molar-refractivity contribution in [2.24, 2.45) is 0 Å². The Bertz CT molecular complexity index is 281. The molecule has 0 heterocycles. The van der Waals surface area contributed by atoms with Gasteiger partial charge >= 0.3 is 5.97 Å². The van der Waals surface area contributed by atoms with Gasteiger partial charge in [0.05, 0.1) is 19.1 Å². The molecule has 0 N–H and O–H groups in total. The lowest BCUT2D eigenvalue weighted by atomic mass is 10.2. The van der Waals surface area contributed by atoms with Crippen LogP contribution in [0.4, 0.5) is 0 Å². The van der Waals surface area contributed by atoms with Crippen LogP contribution in [0.15, 0.2) is 0 Å². The second-order valence-electron chi connectivity index (χ2n) is 5.91. The van der Waals surface area contributed by atoms with Crippen molar-refractivity contribution in [1.29, 1.82) is 0 Å². The molecule has 1 atom stereocenters. The molecular weight excluding hydrogens is 248 g/mol. The van der Waals surface area contributed by atoms with Gasteiger partial charge in [0.25, 0.3) is 0 Å². The van der Waals surface area contributed by atoms with E-state index in [1.807, 2.05) is 0 Å². The minimum atomic E-state index is -1.96. The summed E-state index contributed by atoms with van der Waals surface area (Å²) in [5.41, 5.74) is 0. The highest BCUT2D eigenvalue weighted by molar-refractivity contribution is 6.74. The Kier molecular flexibility index (Phi) is 6.77. The Hall–Kier alpha value is -0.683. The zero-order valence-electron chi connectivity index (χ0n) is 12.4. The first-order valence-corrected chi connectivity index (χ1v) is 9.32. The fourth-order valence-electron chi connectivity index (χ4n) is 1.28. The van der Waals surface area contributed by atoms with E-state index in [1.54, 1.807) is 6.92 Å². The molecule has 106 valence electrons. The highest BCUT2D eigenvalue weighted by Crippen LogP contribution is 2.37. The molecule has 0 spiro atoms. The molecule has 0 aliphatic rings. The third kappa shape index (κ3) is 5.77. The molecule has 0 radical (unpaired) electrons. The summed E-state index contributed by atoms with van der Waals surface area (Å²) in [6.07, 6.45) is 0.837. The van der Waals surface area contributed by atoms with E-state index in [4.69, 9.17) is 9.16 Å². The molecule has 0 amide bonds.